The lowest BCUT2D eigenvalue weighted by molar-refractivity contribution is 0.173. The van der Waals surface area contributed by atoms with Crippen LogP contribution in [0.25, 0.3) is 33.6 Å². The zero-order valence-corrected chi connectivity index (χ0v) is 61.1. The van der Waals surface area contributed by atoms with Gasteiger partial charge in [0.15, 0.2) is 62.6 Å². The van der Waals surface area contributed by atoms with Gasteiger partial charge in [-0.25, -0.2) is 39.4 Å². The van der Waals surface area contributed by atoms with Gasteiger partial charge in [-0.05, 0) is 129 Å². The lowest BCUT2D eigenvalue weighted by Gasteiger charge is -2.29. The van der Waals surface area contributed by atoms with Crippen LogP contribution in [0.4, 0.5) is 34.9 Å². The zero-order chi connectivity index (χ0) is 69.4. The van der Waals surface area contributed by atoms with Crippen molar-refractivity contribution in [1.82, 2.24) is 48.2 Å². The van der Waals surface area contributed by atoms with Gasteiger partial charge >= 0.3 is 17.2 Å². The monoisotopic (exact) mass is 1380 g/mol. The van der Waals surface area contributed by atoms with Crippen LogP contribution < -0.4 is 61.6 Å². The molecule has 3 atom stereocenters. The smallest absolute Gasteiger partial charge is 0.421 e. The maximum Gasteiger partial charge on any atom is 0.421 e. The van der Waals surface area contributed by atoms with Gasteiger partial charge in [0.1, 0.15) is 5.52 Å². The van der Waals surface area contributed by atoms with Crippen LogP contribution in [0, 0.1) is 20.8 Å². The number of thiol groups is 1. The highest BCUT2D eigenvalue weighted by molar-refractivity contribution is 8.32. The average Bonchev–Trinajstić information content (AvgIpc) is 1.62. The van der Waals surface area contributed by atoms with Crippen molar-refractivity contribution in [2.45, 2.75) is 171 Å². The van der Waals surface area contributed by atoms with E-state index in [0.29, 0.717) is 80.0 Å². The first-order valence-electron chi connectivity index (χ1n) is 33.4. The predicted molar refractivity (Wildman–Crippen MR) is 391 cm³/mol. The minimum atomic E-state index is -0.568. The quantitative estimate of drug-likeness (QED) is 0.0582. The van der Waals surface area contributed by atoms with E-state index in [-0.39, 0.29) is 50.0 Å². The van der Waals surface area contributed by atoms with Gasteiger partial charge in [-0.2, -0.15) is 39.3 Å². The van der Waals surface area contributed by atoms with Crippen molar-refractivity contribution in [2.24, 2.45) is 7.05 Å². The third kappa shape index (κ3) is 17.6. The number of aromatic nitrogens is 10. The van der Waals surface area contributed by atoms with Gasteiger partial charge < -0.3 is 53.2 Å². The number of imidazole rings is 1. The van der Waals surface area contributed by atoms with Crippen molar-refractivity contribution < 1.29 is 37.3 Å². The Morgan fingerprint density at radius 3 is 1.42 bits per heavy atom. The number of thioether (sulfide) groups is 1. The number of hydrogen-bond acceptors (Lipinski definition) is 22. The third-order valence-corrected chi connectivity index (χ3v) is 20.4. The number of benzene rings is 3. The van der Waals surface area contributed by atoms with Crippen LogP contribution >= 0.6 is 34.4 Å². The van der Waals surface area contributed by atoms with Crippen LogP contribution in [0.5, 0.6) is 34.5 Å². The van der Waals surface area contributed by atoms with E-state index in [1.54, 1.807) is 33.1 Å². The first kappa shape index (κ1) is 73.8. The predicted octanol–water partition coefficient (Wildman–Crippen LogP) is 15.6. The molecule has 4 aliphatic heterocycles. The van der Waals surface area contributed by atoms with Crippen molar-refractivity contribution in [3.05, 3.63) is 103 Å². The molecule has 13 rings (SSSR count). The second-order valence-corrected chi connectivity index (χ2v) is 30.4. The fourth-order valence-electron chi connectivity index (χ4n) is 11.3. The van der Waals surface area contributed by atoms with Crippen LogP contribution in [0.15, 0.2) is 78.2 Å². The molecule has 10 heterocycles. The number of fused-ring (bicyclic) bond motifs is 6. The minimum Gasteiger partial charge on any atom is -0.454 e. The maximum absolute atomic E-state index is 13.1. The number of oxazole rings is 2. The average molecular weight is 1380 g/mol. The van der Waals surface area contributed by atoms with Crippen molar-refractivity contribution in [1.29, 1.82) is 0 Å². The molecule has 9 aromatic rings. The Kier molecular flexibility index (Phi) is 26.3. The second-order valence-electron chi connectivity index (χ2n) is 24.0. The van der Waals surface area contributed by atoms with Gasteiger partial charge in [0.05, 0.1) is 24.6 Å². The summed E-state index contributed by atoms with van der Waals surface area (Å²) in [4.78, 5) is 65.1. The van der Waals surface area contributed by atoms with Crippen LogP contribution in [0.2, 0.25) is 0 Å². The zero-order valence-electron chi connectivity index (χ0n) is 58.5. The van der Waals surface area contributed by atoms with Gasteiger partial charge in [-0.3, -0.25) is 18.3 Å². The molecule has 0 spiro atoms. The Labute approximate surface area is 573 Å². The Hall–Kier alpha value is -8.04. The summed E-state index contributed by atoms with van der Waals surface area (Å²) in [5.74, 6) is 8.62. The highest BCUT2D eigenvalue weighted by Gasteiger charge is 2.28. The largest absolute Gasteiger partial charge is 0.454 e. The fraction of sp³-hybridized carbons (Fsp3) is 0.522. The summed E-state index contributed by atoms with van der Waals surface area (Å²) >= 11 is 6.28. The maximum atomic E-state index is 13.1. The number of rotatable bonds is 18. The SMILES string of the molecule is CC.CC.CCC.CCCC(CCSC(C)C)n1c(=O)oc2cnc(Nc3cc4c(cc3C)OCO4)nc21.CCCC(CS)n1c(=O)oc2cnc(Nc3cc4c(cc3C)OCO4)nc21.Cc1cc2c(cc1Nc1ncc3c(n1)n(C1CCCS(C)(C)CC1)c(=O)n3C)OCO2. The van der Waals surface area contributed by atoms with Gasteiger partial charge in [0, 0.05) is 60.1 Å². The van der Waals surface area contributed by atoms with Crippen LogP contribution in [-0.2, 0) is 7.05 Å². The molecule has 3 aromatic carbocycles. The lowest BCUT2D eigenvalue weighted by Crippen LogP contribution is -2.26. The molecule has 4 aliphatic rings. The molecule has 0 amide bonds. The Bertz CT molecular complexity index is 4260. The summed E-state index contributed by atoms with van der Waals surface area (Å²) in [5.41, 5.74) is 8.61. The molecule has 96 heavy (non-hydrogen) atoms. The minimum absolute atomic E-state index is 0.0135. The molecule has 0 radical (unpaired) electrons. The van der Waals surface area contributed by atoms with E-state index in [1.807, 2.05) is 101 Å². The Balaban J connectivity index is 0.000000176. The summed E-state index contributed by atoms with van der Waals surface area (Å²) in [6, 6.07) is 11.5. The molecule has 0 aliphatic carbocycles. The van der Waals surface area contributed by atoms with E-state index in [9.17, 15) is 14.4 Å². The van der Waals surface area contributed by atoms with Crippen molar-refractivity contribution >= 4 is 103 Å². The molecule has 1 fully saturated rings. The van der Waals surface area contributed by atoms with Crippen LogP contribution in [-0.4, -0.2) is 109 Å². The molecular weight excluding hydrogens is 1280 g/mol. The van der Waals surface area contributed by atoms with E-state index in [0.717, 1.165) is 108 Å². The number of nitrogens with one attached hydrogen (secondary N) is 3. The fourth-order valence-corrected chi connectivity index (χ4v) is 14.6. The molecule has 0 saturated carbocycles. The van der Waals surface area contributed by atoms with Gasteiger partial charge in [-0.1, -0.05) is 88.5 Å². The van der Waals surface area contributed by atoms with Crippen LogP contribution in [0.3, 0.4) is 0 Å². The first-order chi connectivity index (χ1) is 46.3. The van der Waals surface area contributed by atoms with Crippen molar-refractivity contribution in [2.75, 3.05) is 71.9 Å². The Morgan fingerprint density at radius 2 is 0.990 bits per heavy atom. The molecule has 522 valence electrons. The molecular formula is C69H97N13O11S3. The number of nitrogens with zero attached hydrogens (tertiary/aromatic N) is 10. The molecule has 0 bridgehead atoms. The number of hydrogen-bond donors (Lipinski definition) is 4. The molecule has 3 N–H and O–H groups in total. The molecule has 3 unspecified atom stereocenters. The molecule has 24 nitrogen and oxygen atoms in total. The highest BCUT2D eigenvalue weighted by atomic mass is 32.3. The summed E-state index contributed by atoms with van der Waals surface area (Å²) in [7, 11) is 1.23. The summed E-state index contributed by atoms with van der Waals surface area (Å²) in [5, 5.41) is 10.3. The topological polar surface area (TPSA) is 266 Å². The van der Waals surface area contributed by atoms with E-state index in [2.05, 4.69) is 108 Å². The van der Waals surface area contributed by atoms with Gasteiger partial charge in [0.2, 0.25) is 38.2 Å². The van der Waals surface area contributed by atoms with Crippen molar-refractivity contribution in [3.63, 3.8) is 0 Å². The summed E-state index contributed by atoms with van der Waals surface area (Å²) in [6.45, 7) is 27.4. The highest BCUT2D eigenvalue weighted by Crippen LogP contribution is 2.47. The first-order valence-corrected chi connectivity index (χ1v) is 37.9. The summed E-state index contributed by atoms with van der Waals surface area (Å²) < 4.78 is 50.2. The van der Waals surface area contributed by atoms with E-state index in [1.165, 1.54) is 24.1 Å². The van der Waals surface area contributed by atoms with Crippen LogP contribution in [0.1, 0.15) is 162 Å². The van der Waals surface area contributed by atoms with Gasteiger partial charge in [-0.15, -0.1) is 0 Å². The number of aryl methyl sites for hydroxylation is 4. The van der Waals surface area contributed by atoms with E-state index < -0.39 is 15.8 Å². The van der Waals surface area contributed by atoms with E-state index in [4.69, 9.17) is 42.2 Å². The number of ether oxygens (including phenoxy) is 6. The Morgan fingerprint density at radius 1 is 0.583 bits per heavy atom. The normalized spacial score (nSPS) is 15.5. The number of anilines is 6. The summed E-state index contributed by atoms with van der Waals surface area (Å²) in [6.07, 6.45) is 18.5. The third-order valence-electron chi connectivity index (χ3n) is 16.1. The standard InChI is InChI=1S/C22H29N5O3S.C22H28N4O4S.C18H20N4O4S.C3H8.2C2H6/c1-14-10-18-19(30-13-29-18)11-16(14)24-21-23-12-17-20(25-21)27(22(28)26(17)2)15-6-5-8-31(3,4)9-7-15;1-5-6-15(7-8-31-13(2)3)26-20-19(30-22(26)27)11-23-21(25-20)24-16-10-18-17(9-14(16)4)28-12-29-18;1-3-4-11(8-27)22-16-15(26-18(22)23)7-19-17(21-16)20-12-6-14-13(5-10(12)2)24-9-25-14;1-3-2;2*1-2/h10-12,15H,5-9,13H2,1-4H3,(H,23,24,25);9-11,13,15H,5-8,12H2,1-4H3,(H,23,24,25);5-7,11,27H,3-4,8-9H2,1-2H3,(H,19,20,21);3H2,1-2H3;2*1-2H3. The molecule has 27 heteroatoms. The van der Waals surface area contributed by atoms with Crippen molar-refractivity contribution in [3.8, 4) is 34.5 Å². The molecule has 6 aromatic heterocycles. The van der Waals surface area contributed by atoms with E-state index >= 15 is 0 Å². The second kappa shape index (κ2) is 34.3. The van der Waals surface area contributed by atoms with Gasteiger partial charge in [0.25, 0.3) is 0 Å². The molecule has 1 saturated heterocycles. The lowest BCUT2D eigenvalue weighted by atomic mass is 10.1.